The Labute approximate surface area is 119 Å². The summed E-state index contributed by atoms with van der Waals surface area (Å²) in [6.45, 7) is 4.37. The maximum Gasteiger partial charge on any atom is 0.312 e. The molecule has 3 rings (SSSR count). The lowest BCUT2D eigenvalue weighted by atomic mass is 9.96. The summed E-state index contributed by atoms with van der Waals surface area (Å²) in [5.41, 5.74) is 0.900. The van der Waals surface area contributed by atoms with E-state index in [1.54, 1.807) is 6.20 Å². The summed E-state index contributed by atoms with van der Waals surface area (Å²) in [4.78, 5) is 18.3. The molecule has 1 aromatic heterocycles. The Morgan fingerprint density at radius 1 is 1.25 bits per heavy atom. The third-order valence-corrected chi connectivity index (χ3v) is 4.60. The van der Waals surface area contributed by atoms with Crippen molar-refractivity contribution in [3.8, 4) is 0 Å². The van der Waals surface area contributed by atoms with Crippen LogP contribution < -0.4 is 0 Å². The van der Waals surface area contributed by atoms with E-state index in [4.69, 9.17) is 0 Å². The molecule has 0 radical (unpaired) electrons. The van der Waals surface area contributed by atoms with Gasteiger partial charge in [-0.25, -0.2) is 4.98 Å². The normalized spacial score (nSPS) is 23.5. The van der Waals surface area contributed by atoms with Crippen molar-refractivity contribution in [3.63, 3.8) is 0 Å². The first kappa shape index (κ1) is 13.6. The van der Waals surface area contributed by atoms with Gasteiger partial charge in [-0.1, -0.05) is 6.42 Å². The van der Waals surface area contributed by atoms with Gasteiger partial charge in [0.05, 0.1) is 11.6 Å². The van der Waals surface area contributed by atoms with Gasteiger partial charge in [-0.2, -0.15) is 0 Å². The molecular formula is C15H23N3O2. The molecule has 0 spiro atoms. The highest BCUT2D eigenvalue weighted by molar-refractivity contribution is 5.75. The second kappa shape index (κ2) is 5.95. The minimum Gasteiger partial charge on any atom is -0.481 e. The SMILES string of the molecule is O=C(O)C1CCCn2c1cnc2CCN1CCCCC1. The van der Waals surface area contributed by atoms with Crippen LogP contribution in [-0.2, 0) is 17.8 Å². The molecule has 110 valence electrons. The van der Waals surface area contributed by atoms with E-state index in [9.17, 15) is 9.90 Å². The van der Waals surface area contributed by atoms with Gasteiger partial charge >= 0.3 is 5.97 Å². The zero-order valence-corrected chi connectivity index (χ0v) is 11.9. The quantitative estimate of drug-likeness (QED) is 0.913. The maximum atomic E-state index is 11.3. The molecule has 20 heavy (non-hydrogen) atoms. The predicted molar refractivity (Wildman–Crippen MR) is 75.8 cm³/mol. The fourth-order valence-corrected chi connectivity index (χ4v) is 3.46. The molecule has 0 saturated carbocycles. The minimum absolute atomic E-state index is 0.361. The number of hydrogen-bond acceptors (Lipinski definition) is 3. The van der Waals surface area contributed by atoms with E-state index in [1.807, 2.05) is 0 Å². The fourth-order valence-electron chi connectivity index (χ4n) is 3.46. The number of aromatic nitrogens is 2. The van der Waals surface area contributed by atoms with Gasteiger partial charge in [0.1, 0.15) is 5.82 Å². The summed E-state index contributed by atoms with van der Waals surface area (Å²) >= 11 is 0. The highest BCUT2D eigenvalue weighted by Crippen LogP contribution is 2.28. The second-order valence-corrected chi connectivity index (χ2v) is 5.94. The van der Waals surface area contributed by atoms with E-state index in [2.05, 4.69) is 14.5 Å². The first-order chi connectivity index (χ1) is 9.75. The van der Waals surface area contributed by atoms with Crippen molar-refractivity contribution in [2.45, 2.75) is 51.0 Å². The van der Waals surface area contributed by atoms with Gasteiger partial charge in [0, 0.05) is 25.7 Å². The Morgan fingerprint density at radius 2 is 2.05 bits per heavy atom. The molecule has 5 heteroatoms. The molecule has 3 heterocycles. The first-order valence-electron chi connectivity index (χ1n) is 7.75. The lowest BCUT2D eigenvalue weighted by Crippen LogP contribution is -2.32. The van der Waals surface area contributed by atoms with Gasteiger partial charge in [0.15, 0.2) is 0 Å². The van der Waals surface area contributed by atoms with Crippen molar-refractivity contribution in [1.82, 2.24) is 14.5 Å². The number of rotatable bonds is 4. The van der Waals surface area contributed by atoms with Crippen LogP contribution in [0.15, 0.2) is 6.20 Å². The zero-order chi connectivity index (χ0) is 13.9. The number of aliphatic carboxylic acids is 1. The third-order valence-electron chi connectivity index (χ3n) is 4.60. The summed E-state index contributed by atoms with van der Waals surface area (Å²) in [5.74, 6) is -0.00931. The second-order valence-electron chi connectivity index (χ2n) is 5.94. The number of carboxylic acid groups (broad SMARTS) is 1. The number of carbonyl (C=O) groups is 1. The molecule has 0 aliphatic carbocycles. The standard InChI is InChI=1S/C15H23N3O2/c19-15(20)12-5-4-9-18-13(12)11-16-14(18)6-10-17-7-2-1-3-8-17/h11-12H,1-10H2,(H,19,20). The van der Waals surface area contributed by atoms with E-state index in [-0.39, 0.29) is 5.92 Å². The molecule has 1 saturated heterocycles. The average molecular weight is 277 g/mol. The molecule has 1 fully saturated rings. The molecule has 0 bridgehead atoms. The van der Waals surface area contributed by atoms with Gasteiger partial charge in [-0.15, -0.1) is 0 Å². The van der Waals surface area contributed by atoms with Crippen LogP contribution in [0.1, 0.15) is 49.5 Å². The van der Waals surface area contributed by atoms with E-state index in [0.29, 0.717) is 0 Å². The monoisotopic (exact) mass is 277 g/mol. The van der Waals surface area contributed by atoms with E-state index in [1.165, 1.54) is 32.4 Å². The van der Waals surface area contributed by atoms with Crippen molar-refractivity contribution >= 4 is 5.97 Å². The molecule has 0 amide bonds. The Kier molecular flexibility index (Phi) is 4.05. The highest BCUT2D eigenvalue weighted by Gasteiger charge is 2.28. The Hall–Kier alpha value is -1.36. The van der Waals surface area contributed by atoms with Gasteiger partial charge in [0.25, 0.3) is 0 Å². The number of carboxylic acids is 1. The van der Waals surface area contributed by atoms with E-state index < -0.39 is 5.97 Å². The summed E-state index contributed by atoms with van der Waals surface area (Å²) in [6, 6.07) is 0. The van der Waals surface area contributed by atoms with Crippen LogP contribution in [0.5, 0.6) is 0 Å². The summed E-state index contributed by atoms with van der Waals surface area (Å²) in [6.07, 6.45) is 8.37. The van der Waals surface area contributed by atoms with Gasteiger partial charge < -0.3 is 14.6 Å². The van der Waals surface area contributed by atoms with Crippen molar-refractivity contribution in [2.75, 3.05) is 19.6 Å². The van der Waals surface area contributed by atoms with Crippen LogP contribution in [0, 0.1) is 0 Å². The molecule has 1 aromatic rings. The van der Waals surface area contributed by atoms with Crippen molar-refractivity contribution in [3.05, 3.63) is 17.7 Å². The molecule has 2 aliphatic heterocycles. The molecule has 1 unspecified atom stereocenters. The lowest BCUT2D eigenvalue weighted by molar-refractivity contribution is -0.139. The number of likely N-dealkylation sites (tertiary alicyclic amines) is 1. The molecular weight excluding hydrogens is 254 g/mol. The van der Waals surface area contributed by atoms with Crippen LogP contribution in [-0.4, -0.2) is 45.2 Å². The summed E-state index contributed by atoms with van der Waals surface area (Å²) in [5, 5.41) is 9.28. The minimum atomic E-state index is -0.714. The molecule has 5 nitrogen and oxygen atoms in total. The fraction of sp³-hybridized carbons (Fsp3) is 0.733. The van der Waals surface area contributed by atoms with Crippen LogP contribution in [0.2, 0.25) is 0 Å². The average Bonchev–Trinajstić information content (AvgIpc) is 2.89. The van der Waals surface area contributed by atoms with Gasteiger partial charge in [-0.05, 0) is 38.8 Å². The molecule has 1 N–H and O–H groups in total. The Morgan fingerprint density at radius 3 is 2.80 bits per heavy atom. The van der Waals surface area contributed by atoms with Crippen molar-refractivity contribution in [2.24, 2.45) is 0 Å². The molecule has 1 atom stereocenters. The maximum absolute atomic E-state index is 11.3. The van der Waals surface area contributed by atoms with E-state index in [0.717, 1.165) is 43.9 Å². The lowest BCUT2D eigenvalue weighted by Gasteiger charge is -2.27. The van der Waals surface area contributed by atoms with Crippen molar-refractivity contribution in [1.29, 1.82) is 0 Å². The number of nitrogens with zero attached hydrogens (tertiary/aromatic N) is 3. The topological polar surface area (TPSA) is 58.4 Å². The van der Waals surface area contributed by atoms with Crippen LogP contribution in [0.3, 0.4) is 0 Å². The van der Waals surface area contributed by atoms with E-state index >= 15 is 0 Å². The number of piperidine rings is 1. The first-order valence-corrected chi connectivity index (χ1v) is 7.75. The third kappa shape index (κ3) is 2.73. The van der Waals surface area contributed by atoms with Crippen LogP contribution >= 0.6 is 0 Å². The van der Waals surface area contributed by atoms with Crippen molar-refractivity contribution < 1.29 is 9.90 Å². The van der Waals surface area contributed by atoms with Crippen LogP contribution in [0.4, 0.5) is 0 Å². The van der Waals surface area contributed by atoms with Gasteiger partial charge in [-0.3, -0.25) is 4.79 Å². The largest absolute Gasteiger partial charge is 0.481 e. The number of fused-ring (bicyclic) bond motifs is 1. The Bertz CT molecular complexity index is 477. The number of hydrogen-bond donors (Lipinski definition) is 1. The van der Waals surface area contributed by atoms with Crippen LogP contribution in [0.25, 0.3) is 0 Å². The number of imidazole rings is 1. The molecule has 0 aromatic carbocycles. The summed E-state index contributed by atoms with van der Waals surface area (Å²) < 4.78 is 2.15. The molecule has 2 aliphatic rings. The smallest absolute Gasteiger partial charge is 0.312 e. The Balaban J connectivity index is 1.67. The zero-order valence-electron chi connectivity index (χ0n) is 11.9. The summed E-state index contributed by atoms with van der Waals surface area (Å²) in [7, 11) is 0. The van der Waals surface area contributed by atoms with Gasteiger partial charge in [0.2, 0.25) is 0 Å². The highest BCUT2D eigenvalue weighted by atomic mass is 16.4. The predicted octanol–water partition coefficient (Wildman–Crippen LogP) is 1.87.